The van der Waals surface area contributed by atoms with Gasteiger partial charge in [0.25, 0.3) is 5.91 Å². The molecule has 8 heteroatoms. The molecule has 2 unspecified atom stereocenters. The lowest BCUT2D eigenvalue weighted by Crippen LogP contribution is -2.49. The number of hydrogen-bond donors (Lipinski definition) is 2. The van der Waals surface area contributed by atoms with Crippen LogP contribution in [0, 0.1) is 5.92 Å². The van der Waals surface area contributed by atoms with Crippen molar-refractivity contribution in [1.82, 2.24) is 4.90 Å². The van der Waals surface area contributed by atoms with E-state index in [-0.39, 0.29) is 30.3 Å². The van der Waals surface area contributed by atoms with Crippen molar-refractivity contribution in [1.29, 1.82) is 0 Å². The van der Waals surface area contributed by atoms with Crippen molar-refractivity contribution >= 4 is 29.9 Å². The van der Waals surface area contributed by atoms with E-state index in [1.54, 1.807) is 12.1 Å². The molecule has 0 aromatic heterocycles. The standard InChI is InChI=1S/C18H27N3O4.ClH/c1-11-5-6-21(14(7-11)10-19)18(23)13-8-15(20-12(2)22)17(25-4)16(9-13)24-3;/h8-9,11,14H,5-7,10,19H2,1-4H3,(H,20,22);1H. The fraction of sp³-hybridized carbons (Fsp3) is 0.556. The van der Waals surface area contributed by atoms with Gasteiger partial charge in [-0.05, 0) is 30.9 Å². The summed E-state index contributed by atoms with van der Waals surface area (Å²) in [5.74, 6) is 0.966. The lowest BCUT2D eigenvalue weighted by molar-refractivity contribution is -0.114. The average Bonchev–Trinajstić information content (AvgIpc) is 2.59. The van der Waals surface area contributed by atoms with Crippen LogP contribution in [0.1, 0.15) is 37.0 Å². The molecule has 7 nitrogen and oxygen atoms in total. The Hall–Kier alpha value is -1.99. The van der Waals surface area contributed by atoms with Crippen molar-refractivity contribution in [3.8, 4) is 11.5 Å². The molecule has 1 heterocycles. The number of ether oxygens (including phenoxy) is 2. The van der Waals surface area contributed by atoms with E-state index in [2.05, 4.69) is 12.2 Å². The number of carbonyl (C=O) groups excluding carboxylic acids is 2. The first-order valence-electron chi connectivity index (χ1n) is 8.45. The van der Waals surface area contributed by atoms with Gasteiger partial charge in [-0.15, -0.1) is 12.4 Å². The largest absolute Gasteiger partial charge is 0.493 e. The molecule has 1 saturated heterocycles. The van der Waals surface area contributed by atoms with Gasteiger partial charge in [0.2, 0.25) is 5.91 Å². The van der Waals surface area contributed by atoms with Crippen molar-refractivity contribution in [2.24, 2.45) is 11.7 Å². The van der Waals surface area contributed by atoms with Gasteiger partial charge < -0.3 is 25.4 Å². The first kappa shape index (κ1) is 22.1. The number of carbonyl (C=O) groups is 2. The third kappa shape index (κ3) is 4.80. The summed E-state index contributed by atoms with van der Waals surface area (Å²) in [5, 5.41) is 2.69. The molecule has 0 aliphatic carbocycles. The van der Waals surface area contributed by atoms with Crippen molar-refractivity contribution in [2.75, 3.05) is 32.6 Å². The number of piperidine rings is 1. The van der Waals surface area contributed by atoms with Crippen LogP contribution >= 0.6 is 12.4 Å². The molecule has 146 valence electrons. The maximum Gasteiger partial charge on any atom is 0.254 e. The predicted octanol–water partition coefficient (Wildman–Crippen LogP) is 2.28. The van der Waals surface area contributed by atoms with E-state index in [0.717, 1.165) is 12.8 Å². The van der Waals surface area contributed by atoms with Crippen LogP contribution in [0.4, 0.5) is 5.69 Å². The lowest BCUT2D eigenvalue weighted by atomic mass is 9.92. The highest BCUT2D eigenvalue weighted by Crippen LogP contribution is 2.37. The minimum Gasteiger partial charge on any atom is -0.493 e. The normalized spacial score (nSPS) is 19.3. The quantitative estimate of drug-likeness (QED) is 0.810. The van der Waals surface area contributed by atoms with Crippen LogP contribution in [0.3, 0.4) is 0 Å². The number of nitrogens with two attached hydrogens (primary N) is 1. The number of amides is 2. The molecular weight excluding hydrogens is 358 g/mol. The van der Waals surface area contributed by atoms with E-state index >= 15 is 0 Å². The minimum absolute atomic E-state index is 0. The fourth-order valence-corrected chi connectivity index (χ4v) is 3.28. The van der Waals surface area contributed by atoms with Gasteiger partial charge in [-0.2, -0.15) is 0 Å². The number of rotatable bonds is 5. The minimum atomic E-state index is -0.253. The number of nitrogens with one attached hydrogen (secondary N) is 1. The van der Waals surface area contributed by atoms with Gasteiger partial charge in [-0.25, -0.2) is 0 Å². The highest BCUT2D eigenvalue weighted by molar-refractivity contribution is 5.99. The number of hydrogen-bond acceptors (Lipinski definition) is 5. The molecule has 1 fully saturated rings. The Morgan fingerprint density at radius 2 is 2.00 bits per heavy atom. The van der Waals surface area contributed by atoms with Gasteiger partial charge in [0, 0.05) is 31.6 Å². The van der Waals surface area contributed by atoms with E-state index < -0.39 is 0 Å². The molecule has 2 rings (SSSR count). The maximum atomic E-state index is 13.0. The van der Waals surface area contributed by atoms with Crippen molar-refractivity contribution in [3.05, 3.63) is 17.7 Å². The molecular formula is C18H28ClN3O4. The number of benzene rings is 1. The number of nitrogens with zero attached hydrogens (tertiary/aromatic N) is 1. The second-order valence-corrected chi connectivity index (χ2v) is 6.46. The molecule has 1 aromatic rings. The molecule has 0 spiro atoms. The summed E-state index contributed by atoms with van der Waals surface area (Å²) in [4.78, 5) is 26.3. The first-order chi connectivity index (χ1) is 11.9. The smallest absolute Gasteiger partial charge is 0.254 e. The van der Waals surface area contributed by atoms with Crippen LogP contribution in [0.2, 0.25) is 0 Å². The van der Waals surface area contributed by atoms with Crippen LogP contribution in [0.15, 0.2) is 12.1 Å². The number of likely N-dealkylation sites (tertiary alicyclic amines) is 1. The third-order valence-corrected chi connectivity index (χ3v) is 4.55. The van der Waals surface area contributed by atoms with Crippen LogP contribution < -0.4 is 20.5 Å². The summed E-state index contributed by atoms with van der Waals surface area (Å²) in [6, 6.07) is 3.28. The summed E-state index contributed by atoms with van der Waals surface area (Å²) >= 11 is 0. The molecule has 1 aliphatic heterocycles. The number of methoxy groups -OCH3 is 2. The maximum absolute atomic E-state index is 13.0. The Bertz CT molecular complexity index is 654. The Labute approximate surface area is 160 Å². The third-order valence-electron chi connectivity index (χ3n) is 4.55. The summed E-state index contributed by atoms with van der Waals surface area (Å²) in [6.45, 7) is 4.68. The number of anilines is 1. The lowest BCUT2D eigenvalue weighted by Gasteiger charge is -2.38. The Kier molecular flexibility index (Phi) is 8.17. The monoisotopic (exact) mass is 385 g/mol. The summed E-state index contributed by atoms with van der Waals surface area (Å²) in [5.41, 5.74) is 6.72. The summed E-state index contributed by atoms with van der Waals surface area (Å²) in [7, 11) is 2.98. The topological polar surface area (TPSA) is 93.9 Å². The number of halogens is 1. The molecule has 1 aromatic carbocycles. The van der Waals surface area contributed by atoms with Crippen LogP contribution in [-0.4, -0.2) is 50.1 Å². The van der Waals surface area contributed by atoms with Crippen LogP contribution in [-0.2, 0) is 4.79 Å². The second kappa shape index (κ2) is 9.64. The van der Waals surface area contributed by atoms with Gasteiger partial charge in [-0.1, -0.05) is 6.92 Å². The van der Waals surface area contributed by atoms with E-state index in [1.807, 2.05) is 4.90 Å². The Balaban J connectivity index is 0.00000338. The van der Waals surface area contributed by atoms with E-state index in [9.17, 15) is 9.59 Å². The van der Waals surface area contributed by atoms with E-state index in [4.69, 9.17) is 15.2 Å². The fourth-order valence-electron chi connectivity index (χ4n) is 3.28. The van der Waals surface area contributed by atoms with Crippen LogP contribution in [0.5, 0.6) is 11.5 Å². The zero-order chi connectivity index (χ0) is 18.6. The molecule has 0 saturated carbocycles. The SMILES string of the molecule is COc1cc(C(=O)N2CCC(C)CC2CN)cc(NC(C)=O)c1OC.Cl. The van der Waals surface area contributed by atoms with Gasteiger partial charge in [0.05, 0.1) is 19.9 Å². The zero-order valence-electron chi connectivity index (χ0n) is 15.7. The molecule has 26 heavy (non-hydrogen) atoms. The first-order valence-corrected chi connectivity index (χ1v) is 8.45. The van der Waals surface area contributed by atoms with Crippen molar-refractivity contribution in [3.63, 3.8) is 0 Å². The van der Waals surface area contributed by atoms with Crippen LogP contribution in [0.25, 0.3) is 0 Å². The van der Waals surface area contributed by atoms with E-state index in [0.29, 0.717) is 41.8 Å². The molecule has 2 atom stereocenters. The van der Waals surface area contributed by atoms with Gasteiger partial charge in [-0.3, -0.25) is 9.59 Å². The summed E-state index contributed by atoms with van der Waals surface area (Å²) in [6.07, 6.45) is 1.85. The summed E-state index contributed by atoms with van der Waals surface area (Å²) < 4.78 is 10.7. The Morgan fingerprint density at radius 3 is 2.54 bits per heavy atom. The second-order valence-electron chi connectivity index (χ2n) is 6.46. The van der Waals surface area contributed by atoms with E-state index in [1.165, 1.54) is 21.1 Å². The predicted molar refractivity (Wildman–Crippen MR) is 103 cm³/mol. The highest BCUT2D eigenvalue weighted by atomic mass is 35.5. The van der Waals surface area contributed by atoms with Crippen molar-refractivity contribution in [2.45, 2.75) is 32.7 Å². The average molecular weight is 386 g/mol. The van der Waals surface area contributed by atoms with Gasteiger partial charge >= 0.3 is 0 Å². The molecule has 0 bridgehead atoms. The highest BCUT2D eigenvalue weighted by Gasteiger charge is 2.30. The molecule has 0 radical (unpaired) electrons. The van der Waals surface area contributed by atoms with Crippen molar-refractivity contribution < 1.29 is 19.1 Å². The molecule has 1 aliphatic rings. The van der Waals surface area contributed by atoms with Gasteiger partial charge in [0.15, 0.2) is 11.5 Å². The van der Waals surface area contributed by atoms with Gasteiger partial charge in [0.1, 0.15) is 0 Å². The molecule has 3 N–H and O–H groups in total. The zero-order valence-corrected chi connectivity index (χ0v) is 16.5. The molecule has 2 amide bonds. The Morgan fingerprint density at radius 1 is 1.31 bits per heavy atom.